The van der Waals surface area contributed by atoms with Crippen molar-refractivity contribution in [2.24, 2.45) is 7.05 Å². The second kappa shape index (κ2) is 4.91. The lowest BCUT2D eigenvalue weighted by Gasteiger charge is -2.01. The Morgan fingerprint density at radius 3 is 2.71 bits per heavy atom. The summed E-state index contributed by atoms with van der Waals surface area (Å²) in [5, 5.41) is 4.12. The van der Waals surface area contributed by atoms with E-state index in [0.717, 1.165) is 0 Å². The van der Waals surface area contributed by atoms with Gasteiger partial charge in [-0.2, -0.15) is 5.10 Å². The van der Waals surface area contributed by atoms with E-state index < -0.39 is 0 Å². The molecule has 0 bridgehead atoms. The molecule has 4 heteroatoms. The molecule has 1 heterocycles. The highest BCUT2D eigenvalue weighted by Gasteiger charge is 2.09. The van der Waals surface area contributed by atoms with Crippen molar-refractivity contribution in [1.29, 1.82) is 0 Å². The van der Waals surface area contributed by atoms with E-state index in [4.69, 9.17) is 0 Å². The van der Waals surface area contributed by atoms with Gasteiger partial charge in [0, 0.05) is 19.7 Å². The van der Waals surface area contributed by atoms with E-state index in [9.17, 15) is 9.18 Å². The molecule has 0 amide bonds. The van der Waals surface area contributed by atoms with Crippen LogP contribution in [0.2, 0.25) is 0 Å². The number of ketones is 1. The van der Waals surface area contributed by atoms with Gasteiger partial charge in [0.1, 0.15) is 11.6 Å². The fourth-order valence-electron chi connectivity index (χ4n) is 1.68. The zero-order valence-electron chi connectivity index (χ0n) is 9.56. The summed E-state index contributed by atoms with van der Waals surface area (Å²) >= 11 is 0. The number of hydrogen-bond donors (Lipinski definition) is 0. The van der Waals surface area contributed by atoms with Gasteiger partial charge < -0.3 is 0 Å². The quantitative estimate of drug-likeness (QED) is 0.807. The molecular formula is C13H13FN2O. The third kappa shape index (κ3) is 3.00. The Labute approximate surface area is 98.9 Å². The van der Waals surface area contributed by atoms with Gasteiger partial charge in [-0.05, 0) is 17.7 Å². The number of halogens is 1. The Hall–Kier alpha value is -1.97. The number of aryl methyl sites for hydroxylation is 1. The van der Waals surface area contributed by atoms with E-state index in [1.165, 1.54) is 6.07 Å². The molecular weight excluding hydrogens is 219 g/mol. The summed E-state index contributed by atoms with van der Waals surface area (Å²) in [6, 6.07) is 8.13. The van der Waals surface area contributed by atoms with Crippen LogP contribution in [0.5, 0.6) is 0 Å². The van der Waals surface area contributed by atoms with Crippen molar-refractivity contribution in [3.8, 4) is 0 Å². The van der Waals surface area contributed by atoms with E-state index in [-0.39, 0.29) is 24.4 Å². The summed E-state index contributed by atoms with van der Waals surface area (Å²) in [5.74, 6) is -0.365. The Morgan fingerprint density at radius 2 is 2.06 bits per heavy atom. The fourth-order valence-corrected chi connectivity index (χ4v) is 1.68. The van der Waals surface area contributed by atoms with Crippen LogP contribution in [-0.4, -0.2) is 15.6 Å². The Bertz CT molecular complexity index is 534. The molecule has 0 saturated heterocycles. The fraction of sp³-hybridized carbons (Fsp3) is 0.231. The van der Waals surface area contributed by atoms with Gasteiger partial charge in [0.05, 0.1) is 12.1 Å². The molecule has 0 aliphatic carbocycles. The number of aromatic nitrogens is 2. The normalized spacial score (nSPS) is 10.5. The topological polar surface area (TPSA) is 34.9 Å². The first kappa shape index (κ1) is 11.5. The molecule has 0 aliphatic heterocycles. The SMILES string of the molecule is Cn1ccc(CC(=O)Cc2ccccc2F)n1. The average molecular weight is 232 g/mol. The zero-order chi connectivity index (χ0) is 12.3. The standard InChI is InChI=1S/C13H13FN2O/c1-16-7-6-11(15-16)9-12(17)8-10-4-2-3-5-13(10)14/h2-7H,8-9H2,1H3. The Balaban J connectivity index is 2.01. The lowest BCUT2D eigenvalue weighted by molar-refractivity contribution is -0.117. The van der Waals surface area contributed by atoms with Crippen molar-refractivity contribution >= 4 is 5.78 Å². The van der Waals surface area contributed by atoms with Crippen LogP contribution in [-0.2, 0) is 24.7 Å². The number of carbonyl (C=O) groups is 1. The molecule has 17 heavy (non-hydrogen) atoms. The van der Waals surface area contributed by atoms with Crippen molar-refractivity contribution in [1.82, 2.24) is 9.78 Å². The number of hydrogen-bond acceptors (Lipinski definition) is 2. The first-order chi connectivity index (χ1) is 8.15. The van der Waals surface area contributed by atoms with Crippen LogP contribution < -0.4 is 0 Å². The molecule has 0 fully saturated rings. The second-order valence-corrected chi connectivity index (χ2v) is 3.96. The molecule has 1 aromatic heterocycles. The van der Waals surface area contributed by atoms with Crippen LogP contribution in [0.4, 0.5) is 4.39 Å². The minimum atomic E-state index is -0.332. The van der Waals surface area contributed by atoms with Gasteiger partial charge in [-0.3, -0.25) is 9.48 Å². The number of benzene rings is 1. The highest BCUT2D eigenvalue weighted by Crippen LogP contribution is 2.09. The van der Waals surface area contributed by atoms with E-state index in [0.29, 0.717) is 11.3 Å². The van der Waals surface area contributed by atoms with Gasteiger partial charge in [-0.25, -0.2) is 4.39 Å². The first-order valence-electron chi connectivity index (χ1n) is 5.39. The minimum absolute atomic E-state index is 0.0335. The predicted octanol–water partition coefficient (Wildman–Crippen LogP) is 1.91. The lowest BCUT2D eigenvalue weighted by Crippen LogP contribution is -2.08. The van der Waals surface area contributed by atoms with E-state index in [1.807, 2.05) is 0 Å². The van der Waals surface area contributed by atoms with Gasteiger partial charge in [0.2, 0.25) is 0 Å². The van der Waals surface area contributed by atoms with Crippen molar-refractivity contribution in [2.45, 2.75) is 12.8 Å². The molecule has 0 unspecified atom stereocenters. The maximum absolute atomic E-state index is 13.3. The molecule has 2 rings (SSSR count). The predicted molar refractivity (Wildman–Crippen MR) is 62.0 cm³/mol. The first-order valence-corrected chi connectivity index (χ1v) is 5.39. The molecule has 0 saturated carbocycles. The number of rotatable bonds is 4. The molecule has 1 aromatic carbocycles. The van der Waals surface area contributed by atoms with E-state index >= 15 is 0 Å². The zero-order valence-corrected chi connectivity index (χ0v) is 9.56. The maximum atomic E-state index is 13.3. The van der Waals surface area contributed by atoms with Gasteiger partial charge in [0.25, 0.3) is 0 Å². The molecule has 0 atom stereocenters. The van der Waals surface area contributed by atoms with Crippen LogP contribution in [0, 0.1) is 5.82 Å². The third-order valence-corrected chi connectivity index (χ3v) is 2.49. The third-order valence-electron chi connectivity index (χ3n) is 2.49. The number of nitrogens with zero attached hydrogens (tertiary/aromatic N) is 2. The minimum Gasteiger partial charge on any atom is -0.299 e. The summed E-state index contributed by atoms with van der Waals surface area (Å²) in [5.41, 5.74) is 1.15. The molecule has 3 nitrogen and oxygen atoms in total. The lowest BCUT2D eigenvalue weighted by atomic mass is 10.1. The van der Waals surface area contributed by atoms with Gasteiger partial charge in [-0.1, -0.05) is 18.2 Å². The highest BCUT2D eigenvalue weighted by molar-refractivity contribution is 5.82. The van der Waals surface area contributed by atoms with Crippen molar-refractivity contribution in [2.75, 3.05) is 0 Å². The monoisotopic (exact) mass is 232 g/mol. The number of carbonyl (C=O) groups excluding carboxylic acids is 1. The molecule has 0 spiro atoms. The van der Waals surface area contributed by atoms with Crippen LogP contribution in [0.3, 0.4) is 0 Å². The summed E-state index contributed by atoms with van der Waals surface area (Å²) in [4.78, 5) is 11.7. The Kier molecular flexibility index (Phi) is 3.32. The summed E-state index contributed by atoms with van der Waals surface area (Å²) in [6.07, 6.45) is 2.14. The largest absolute Gasteiger partial charge is 0.299 e. The maximum Gasteiger partial charge on any atom is 0.143 e. The van der Waals surface area contributed by atoms with Gasteiger partial charge in [-0.15, -0.1) is 0 Å². The van der Waals surface area contributed by atoms with Crippen LogP contribution in [0.1, 0.15) is 11.3 Å². The van der Waals surface area contributed by atoms with Gasteiger partial charge >= 0.3 is 0 Å². The second-order valence-electron chi connectivity index (χ2n) is 3.96. The van der Waals surface area contributed by atoms with Crippen LogP contribution >= 0.6 is 0 Å². The highest BCUT2D eigenvalue weighted by atomic mass is 19.1. The van der Waals surface area contributed by atoms with E-state index in [1.54, 1.807) is 42.2 Å². The van der Waals surface area contributed by atoms with E-state index in [2.05, 4.69) is 5.10 Å². The molecule has 0 aliphatic rings. The van der Waals surface area contributed by atoms with Crippen LogP contribution in [0.25, 0.3) is 0 Å². The van der Waals surface area contributed by atoms with Gasteiger partial charge in [0.15, 0.2) is 0 Å². The summed E-state index contributed by atoms with van der Waals surface area (Å²) in [7, 11) is 1.80. The molecule has 2 aromatic rings. The summed E-state index contributed by atoms with van der Waals surface area (Å²) in [6.45, 7) is 0. The average Bonchev–Trinajstić information content (AvgIpc) is 2.67. The van der Waals surface area contributed by atoms with Crippen LogP contribution in [0.15, 0.2) is 36.5 Å². The number of Topliss-reactive ketones (excluding diaryl/α,β-unsaturated/α-hetero) is 1. The van der Waals surface area contributed by atoms with Crippen molar-refractivity contribution in [3.05, 3.63) is 53.6 Å². The Morgan fingerprint density at radius 1 is 1.29 bits per heavy atom. The van der Waals surface area contributed by atoms with Crippen molar-refractivity contribution < 1.29 is 9.18 Å². The van der Waals surface area contributed by atoms with Crippen molar-refractivity contribution in [3.63, 3.8) is 0 Å². The molecule has 0 radical (unpaired) electrons. The smallest absolute Gasteiger partial charge is 0.143 e. The summed E-state index contributed by atoms with van der Waals surface area (Å²) < 4.78 is 15.0. The molecule has 0 N–H and O–H groups in total. The molecule has 88 valence electrons.